The van der Waals surface area contributed by atoms with Gasteiger partial charge in [0, 0.05) is 6.42 Å². The molecule has 0 saturated carbocycles. The largest absolute Gasteiger partial charge is 0.616 e. The van der Waals surface area contributed by atoms with Crippen molar-refractivity contribution < 1.29 is 4.55 Å². The van der Waals surface area contributed by atoms with E-state index in [2.05, 4.69) is 6.58 Å². The van der Waals surface area contributed by atoms with E-state index in [1.807, 2.05) is 0 Å². The summed E-state index contributed by atoms with van der Waals surface area (Å²) in [5.41, 5.74) is 1.15. The van der Waals surface area contributed by atoms with E-state index in [-0.39, 0.29) is 0 Å². The summed E-state index contributed by atoms with van der Waals surface area (Å²) in [6.45, 7) is 3.71. The van der Waals surface area contributed by atoms with Crippen LogP contribution in [-0.2, 0) is 11.2 Å². The fourth-order valence-corrected chi connectivity index (χ4v) is 1.89. The lowest BCUT2D eigenvalue weighted by Crippen LogP contribution is -1.99. The highest BCUT2D eigenvalue weighted by Gasteiger charge is 2.16. The minimum atomic E-state index is -0.552. The fraction of sp³-hybridized carbons (Fsp3) is 0.600. The van der Waals surface area contributed by atoms with Crippen LogP contribution < -0.4 is 0 Å². The van der Waals surface area contributed by atoms with Gasteiger partial charge in [0.15, 0.2) is 0 Å². The van der Waals surface area contributed by atoms with Crippen LogP contribution in [0.25, 0.3) is 0 Å². The third-order valence-corrected chi connectivity index (χ3v) is 2.44. The van der Waals surface area contributed by atoms with Crippen LogP contribution in [0.4, 0.5) is 0 Å². The van der Waals surface area contributed by atoms with Gasteiger partial charge >= 0.3 is 0 Å². The van der Waals surface area contributed by atoms with E-state index >= 15 is 0 Å². The van der Waals surface area contributed by atoms with E-state index in [1.165, 1.54) is 0 Å². The van der Waals surface area contributed by atoms with Crippen LogP contribution in [0, 0.1) is 0 Å². The van der Waals surface area contributed by atoms with Gasteiger partial charge in [0.25, 0.3) is 0 Å². The second-order valence-corrected chi connectivity index (χ2v) is 3.36. The maximum absolute atomic E-state index is 10.5. The molecule has 7 heavy (non-hydrogen) atoms. The zero-order chi connectivity index (χ0) is 5.28. The van der Waals surface area contributed by atoms with Crippen LogP contribution in [0.15, 0.2) is 12.2 Å². The van der Waals surface area contributed by atoms with Crippen molar-refractivity contribution in [2.45, 2.75) is 6.42 Å². The number of rotatable bonds is 0. The summed E-state index contributed by atoms with van der Waals surface area (Å²) >= 11 is -0.552. The van der Waals surface area contributed by atoms with Crippen molar-refractivity contribution in [3.8, 4) is 0 Å². The summed E-state index contributed by atoms with van der Waals surface area (Å²) in [7, 11) is 0. The Balaban J connectivity index is 2.40. The molecule has 0 N–H and O–H groups in total. The van der Waals surface area contributed by atoms with E-state index in [9.17, 15) is 4.55 Å². The van der Waals surface area contributed by atoms with E-state index < -0.39 is 11.2 Å². The highest BCUT2D eigenvalue weighted by Crippen LogP contribution is 2.13. The van der Waals surface area contributed by atoms with Gasteiger partial charge in [-0.3, -0.25) is 0 Å². The first kappa shape index (κ1) is 5.19. The van der Waals surface area contributed by atoms with Gasteiger partial charge in [-0.15, -0.1) is 0 Å². The average Bonchev–Trinajstić information content (AvgIpc) is 1.87. The first-order valence-corrected chi connectivity index (χ1v) is 3.79. The van der Waals surface area contributed by atoms with Crippen molar-refractivity contribution in [3.05, 3.63) is 12.2 Å². The van der Waals surface area contributed by atoms with Gasteiger partial charge in [-0.25, -0.2) is 0 Å². The summed E-state index contributed by atoms with van der Waals surface area (Å²) in [5, 5.41) is 0. The van der Waals surface area contributed by atoms with Crippen LogP contribution in [0.5, 0.6) is 0 Å². The molecule has 1 rings (SSSR count). The van der Waals surface area contributed by atoms with Crippen molar-refractivity contribution in [2.24, 2.45) is 0 Å². The van der Waals surface area contributed by atoms with E-state index in [4.69, 9.17) is 0 Å². The summed E-state index contributed by atoms with van der Waals surface area (Å²) in [4.78, 5) is 0. The Kier molecular flexibility index (Phi) is 1.40. The molecule has 1 atom stereocenters. The Labute approximate surface area is 46.6 Å². The van der Waals surface area contributed by atoms with Gasteiger partial charge in [0.1, 0.15) is 11.5 Å². The second kappa shape index (κ2) is 1.88. The molecule has 0 aromatic heterocycles. The zero-order valence-corrected chi connectivity index (χ0v) is 4.96. The highest BCUT2D eigenvalue weighted by molar-refractivity contribution is 7.91. The molecule has 0 aromatic rings. The molecule has 0 aromatic carbocycles. The molecule has 1 unspecified atom stereocenters. The van der Waals surface area contributed by atoms with Gasteiger partial charge in [-0.2, -0.15) is 0 Å². The maximum atomic E-state index is 10.5. The van der Waals surface area contributed by atoms with Crippen molar-refractivity contribution in [3.63, 3.8) is 0 Å². The predicted molar refractivity (Wildman–Crippen MR) is 31.6 cm³/mol. The van der Waals surface area contributed by atoms with E-state index in [0.29, 0.717) is 0 Å². The van der Waals surface area contributed by atoms with E-state index in [1.54, 1.807) is 0 Å². The third-order valence-electron chi connectivity index (χ3n) is 1.05. The minimum Gasteiger partial charge on any atom is -0.616 e. The molecule has 1 saturated heterocycles. The van der Waals surface area contributed by atoms with Gasteiger partial charge in [-0.1, -0.05) is 6.58 Å². The monoisotopic (exact) mass is 116 g/mol. The molecular weight excluding hydrogens is 108 g/mol. The number of hydrogen-bond donors (Lipinski definition) is 0. The second-order valence-electron chi connectivity index (χ2n) is 1.79. The lowest BCUT2D eigenvalue weighted by Gasteiger charge is -1.96. The molecule has 1 aliphatic rings. The smallest absolute Gasteiger partial charge is 0.126 e. The molecular formula is C5H8OS. The Bertz CT molecular complexity index is 90.1. The standard InChI is InChI=1S/C5H8OS/c1-5-2-3-7(6)4-5/h1-4H2. The molecule has 1 heterocycles. The molecule has 1 aliphatic heterocycles. The molecule has 0 radical (unpaired) electrons. The van der Waals surface area contributed by atoms with Crippen LogP contribution in [-0.4, -0.2) is 16.1 Å². The Morgan fingerprint density at radius 1 is 1.71 bits per heavy atom. The fourth-order valence-electron chi connectivity index (χ4n) is 0.630. The van der Waals surface area contributed by atoms with Gasteiger partial charge < -0.3 is 4.55 Å². The average molecular weight is 116 g/mol. The van der Waals surface area contributed by atoms with Crippen LogP contribution in [0.3, 0.4) is 0 Å². The molecule has 0 spiro atoms. The maximum Gasteiger partial charge on any atom is 0.126 e. The summed E-state index contributed by atoms with van der Waals surface area (Å²) < 4.78 is 10.5. The molecule has 2 heteroatoms. The molecule has 0 amide bonds. The first-order valence-electron chi connectivity index (χ1n) is 2.30. The third kappa shape index (κ3) is 1.21. The van der Waals surface area contributed by atoms with Gasteiger partial charge in [-0.05, 0) is 16.7 Å². The zero-order valence-electron chi connectivity index (χ0n) is 4.14. The lowest BCUT2D eigenvalue weighted by atomic mass is 10.3. The van der Waals surface area contributed by atoms with E-state index in [0.717, 1.165) is 23.5 Å². The summed E-state index contributed by atoms with van der Waals surface area (Å²) in [6, 6.07) is 0. The van der Waals surface area contributed by atoms with Crippen molar-refractivity contribution in [1.82, 2.24) is 0 Å². The summed E-state index contributed by atoms with van der Waals surface area (Å²) in [6.07, 6.45) is 0.979. The minimum absolute atomic E-state index is 0.552. The van der Waals surface area contributed by atoms with Crippen molar-refractivity contribution in [2.75, 3.05) is 11.5 Å². The van der Waals surface area contributed by atoms with Crippen molar-refractivity contribution >= 4 is 11.2 Å². The van der Waals surface area contributed by atoms with Crippen LogP contribution >= 0.6 is 0 Å². The normalized spacial score (nSPS) is 31.6. The summed E-state index contributed by atoms with van der Waals surface area (Å²) in [5.74, 6) is 1.60. The van der Waals surface area contributed by atoms with Gasteiger partial charge in [0.2, 0.25) is 0 Å². The Morgan fingerprint density at radius 3 is 2.57 bits per heavy atom. The topological polar surface area (TPSA) is 23.1 Å². The highest BCUT2D eigenvalue weighted by atomic mass is 32.2. The lowest BCUT2D eigenvalue weighted by molar-refractivity contribution is 0.601. The van der Waals surface area contributed by atoms with Crippen molar-refractivity contribution in [1.29, 1.82) is 0 Å². The molecule has 0 bridgehead atoms. The van der Waals surface area contributed by atoms with Gasteiger partial charge in [0.05, 0.1) is 0 Å². The predicted octanol–water partition coefficient (Wildman–Crippen LogP) is 0.695. The molecule has 1 fully saturated rings. The molecule has 1 nitrogen and oxygen atoms in total. The van der Waals surface area contributed by atoms with Crippen LogP contribution in [0.2, 0.25) is 0 Å². The SMILES string of the molecule is C=C1CC[S+]([O-])C1. The molecule has 40 valence electrons. The first-order chi connectivity index (χ1) is 3.29. The Morgan fingerprint density at radius 2 is 2.43 bits per heavy atom. The Hall–Kier alpha value is 0.0500. The number of hydrogen-bond acceptors (Lipinski definition) is 1. The van der Waals surface area contributed by atoms with Crippen LogP contribution in [0.1, 0.15) is 6.42 Å². The molecule has 0 aliphatic carbocycles. The quantitative estimate of drug-likeness (QED) is 0.337.